The summed E-state index contributed by atoms with van der Waals surface area (Å²) in [6, 6.07) is 12.8. The highest BCUT2D eigenvalue weighted by molar-refractivity contribution is 7.90. The Balaban J connectivity index is 1.69. The largest absolute Gasteiger partial charge is 0.497 e. The molecule has 31 heavy (non-hydrogen) atoms. The number of ether oxygens (including phenoxy) is 2. The summed E-state index contributed by atoms with van der Waals surface area (Å²) in [7, 11) is -1.78. The molecule has 3 rings (SSSR count). The number of amides is 1. The first-order valence-electron chi connectivity index (χ1n) is 9.83. The lowest BCUT2D eigenvalue weighted by Crippen LogP contribution is -2.40. The number of aliphatic hydroxyl groups excluding tert-OH is 2. The van der Waals surface area contributed by atoms with Gasteiger partial charge in [0.2, 0.25) is 0 Å². The summed E-state index contributed by atoms with van der Waals surface area (Å²) in [5, 5.41) is 23.1. The van der Waals surface area contributed by atoms with Crippen LogP contribution in [0.5, 0.6) is 11.5 Å². The van der Waals surface area contributed by atoms with Crippen molar-refractivity contribution in [1.29, 1.82) is 0 Å². The van der Waals surface area contributed by atoms with E-state index >= 15 is 0 Å². The standard InChI is InChI=1S/C22H27NO7S/c1-29-17-5-3-4-15(10-17)21(26)23-13-22(11-19(24)20(25)12-22)14-30-16-6-8-18(9-7-16)31(2,27)28/h3-10,19-20,24-25H,11-14H2,1-2H3,(H,23,26). The zero-order valence-corrected chi connectivity index (χ0v) is 18.3. The molecule has 9 heteroatoms. The van der Waals surface area contributed by atoms with Crippen molar-refractivity contribution in [2.45, 2.75) is 29.9 Å². The van der Waals surface area contributed by atoms with Gasteiger partial charge in [-0.2, -0.15) is 0 Å². The SMILES string of the molecule is COc1cccc(C(=O)NCC2(COc3ccc(S(C)(=O)=O)cc3)CC(O)C(O)C2)c1. The summed E-state index contributed by atoms with van der Waals surface area (Å²) >= 11 is 0. The van der Waals surface area contributed by atoms with Crippen molar-refractivity contribution >= 4 is 15.7 Å². The molecule has 1 amide bonds. The average molecular weight is 450 g/mol. The first-order chi connectivity index (χ1) is 14.6. The fourth-order valence-electron chi connectivity index (χ4n) is 3.71. The maximum Gasteiger partial charge on any atom is 0.251 e. The van der Waals surface area contributed by atoms with Crippen LogP contribution in [0, 0.1) is 5.41 Å². The molecule has 2 atom stereocenters. The number of rotatable bonds is 8. The van der Waals surface area contributed by atoms with E-state index in [9.17, 15) is 23.4 Å². The van der Waals surface area contributed by atoms with Crippen molar-refractivity contribution in [1.82, 2.24) is 5.32 Å². The van der Waals surface area contributed by atoms with Crippen LogP contribution in [-0.2, 0) is 9.84 Å². The topological polar surface area (TPSA) is 122 Å². The van der Waals surface area contributed by atoms with Gasteiger partial charge in [-0.05, 0) is 55.3 Å². The number of sulfone groups is 1. The smallest absolute Gasteiger partial charge is 0.251 e. The van der Waals surface area contributed by atoms with E-state index in [1.807, 2.05) is 0 Å². The first kappa shape index (κ1) is 23.1. The molecule has 168 valence electrons. The van der Waals surface area contributed by atoms with Crippen LogP contribution in [0.25, 0.3) is 0 Å². The minimum Gasteiger partial charge on any atom is -0.497 e. The van der Waals surface area contributed by atoms with Gasteiger partial charge in [0.05, 0.1) is 30.8 Å². The third-order valence-corrected chi connectivity index (χ3v) is 6.61. The predicted molar refractivity (Wildman–Crippen MR) is 114 cm³/mol. The molecule has 0 aromatic heterocycles. The van der Waals surface area contributed by atoms with Crippen LogP contribution in [0.15, 0.2) is 53.4 Å². The molecule has 0 aliphatic heterocycles. The second-order valence-corrected chi connectivity index (χ2v) is 10.0. The first-order valence-corrected chi connectivity index (χ1v) is 11.7. The zero-order valence-electron chi connectivity index (χ0n) is 17.4. The number of hydrogen-bond acceptors (Lipinski definition) is 7. The second-order valence-electron chi connectivity index (χ2n) is 7.99. The lowest BCUT2D eigenvalue weighted by Gasteiger charge is -2.29. The van der Waals surface area contributed by atoms with E-state index in [-0.39, 0.29) is 36.8 Å². The van der Waals surface area contributed by atoms with Gasteiger partial charge < -0.3 is 25.0 Å². The normalized spacial score (nSPS) is 23.4. The van der Waals surface area contributed by atoms with Crippen LogP contribution < -0.4 is 14.8 Å². The van der Waals surface area contributed by atoms with Crippen molar-refractivity contribution in [2.24, 2.45) is 5.41 Å². The minimum absolute atomic E-state index is 0.137. The molecule has 2 aromatic carbocycles. The van der Waals surface area contributed by atoms with E-state index in [2.05, 4.69) is 5.32 Å². The van der Waals surface area contributed by atoms with E-state index in [1.165, 1.54) is 19.2 Å². The van der Waals surface area contributed by atoms with E-state index in [1.54, 1.807) is 36.4 Å². The molecule has 1 aliphatic carbocycles. The van der Waals surface area contributed by atoms with Gasteiger partial charge in [0.1, 0.15) is 11.5 Å². The zero-order chi connectivity index (χ0) is 22.6. The molecule has 0 saturated heterocycles. The molecule has 0 heterocycles. The molecule has 2 aromatic rings. The Kier molecular flexibility index (Phi) is 6.88. The van der Waals surface area contributed by atoms with Gasteiger partial charge in [-0.25, -0.2) is 8.42 Å². The van der Waals surface area contributed by atoms with Gasteiger partial charge in [-0.1, -0.05) is 6.07 Å². The quantitative estimate of drug-likeness (QED) is 0.557. The number of methoxy groups -OCH3 is 1. The van der Waals surface area contributed by atoms with Gasteiger partial charge in [-0.15, -0.1) is 0 Å². The summed E-state index contributed by atoms with van der Waals surface area (Å²) < 4.78 is 34.2. The third-order valence-electron chi connectivity index (χ3n) is 5.48. The molecular formula is C22H27NO7S. The molecule has 2 unspecified atom stereocenters. The highest BCUT2D eigenvalue weighted by atomic mass is 32.2. The summed E-state index contributed by atoms with van der Waals surface area (Å²) in [5.74, 6) is 0.725. The predicted octanol–water partition coefficient (Wildman–Crippen LogP) is 1.41. The molecule has 8 nitrogen and oxygen atoms in total. The molecule has 3 N–H and O–H groups in total. The maximum absolute atomic E-state index is 12.6. The highest BCUT2D eigenvalue weighted by Crippen LogP contribution is 2.39. The Morgan fingerprint density at radius 2 is 1.74 bits per heavy atom. The fraction of sp³-hybridized carbons (Fsp3) is 0.409. The van der Waals surface area contributed by atoms with E-state index in [0.717, 1.165) is 6.26 Å². The van der Waals surface area contributed by atoms with Crippen LogP contribution >= 0.6 is 0 Å². The monoisotopic (exact) mass is 449 g/mol. The number of nitrogens with one attached hydrogen (secondary N) is 1. The van der Waals surface area contributed by atoms with Crippen molar-refractivity contribution in [3.05, 3.63) is 54.1 Å². The number of carbonyl (C=O) groups is 1. The van der Waals surface area contributed by atoms with Gasteiger partial charge >= 0.3 is 0 Å². The van der Waals surface area contributed by atoms with E-state index < -0.39 is 27.5 Å². The van der Waals surface area contributed by atoms with Crippen LogP contribution in [0.2, 0.25) is 0 Å². The molecule has 0 spiro atoms. The summed E-state index contributed by atoms with van der Waals surface area (Å²) in [6.45, 7) is 0.330. The Labute approximate surface area is 181 Å². The van der Waals surface area contributed by atoms with Gasteiger partial charge in [0.15, 0.2) is 9.84 Å². The van der Waals surface area contributed by atoms with Crippen molar-refractivity contribution in [3.8, 4) is 11.5 Å². The van der Waals surface area contributed by atoms with E-state index in [4.69, 9.17) is 9.47 Å². The van der Waals surface area contributed by atoms with Crippen molar-refractivity contribution in [2.75, 3.05) is 26.5 Å². The minimum atomic E-state index is -3.30. The highest BCUT2D eigenvalue weighted by Gasteiger charge is 2.45. The number of hydrogen-bond donors (Lipinski definition) is 3. The Morgan fingerprint density at radius 3 is 2.32 bits per heavy atom. The van der Waals surface area contributed by atoms with E-state index in [0.29, 0.717) is 17.1 Å². The molecule has 1 aliphatic rings. The molecule has 0 radical (unpaired) electrons. The molecular weight excluding hydrogens is 422 g/mol. The van der Waals surface area contributed by atoms with Crippen LogP contribution in [0.1, 0.15) is 23.2 Å². The Bertz CT molecular complexity index is 1010. The fourth-order valence-corrected chi connectivity index (χ4v) is 4.34. The second kappa shape index (κ2) is 9.25. The average Bonchev–Trinajstić information content (AvgIpc) is 3.04. The Hall–Kier alpha value is -2.62. The molecule has 1 fully saturated rings. The number of benzene rings is 2. The number of aliphatic hydroxyl groups is 2. The third kappa shape index (κ3) is 5.75. The van der Waals surface area contributed by atoms with Crippen molar-refractivity contribution < 1.29 is 32.9 Å². The lowest BCUT2D eigenvalue weighted by atomic mass is 9.86. The van der Waals surface area contributed by atoms with Crippen LogP contribution in [0.3, 0.4) is 0 Å². The van der Waals surface area contributed by atoms with Crippen LogP contribution in [-0.4, -0.2) is 63.3 Å². The summed E-state index contributed by atoms with van der Waals surface area (Å²) in [6.07, 6.45) is -0.179. The Morgan fingerprint density at radius 1 is 1.10 bits per heavy atom. The lowest BCUT2D eigenvalue weighted by molar-refractivity contribution is 0.0438. The van der Waals surface area contributed by atoms with Crippen LogP contribution in [0.4, 0.5) is 0 Å². The summed E-state index contributed by atoms with van der Waals surface area (Å²) in [5.41, 5.74) is -0.242. The van der Waals surface area contributed by atoms with Crippen molar-refractivity contribution in [3.63, 3.8) is 0 Å². The van der Waals surface area contributed by atoms with Gasteiger partial charge in [0, 0.05) is 23.8 Å². The maximum atomic E-state index is 12.6. The molecule has 1 saturated carbocycles. The van der Waals surface area contributed by atoms with Gasteiger partial charge in [0.25, 0.3) is 5.91 Å². The number of carbonyl (C=O) groups excluding carboxylic acids is 1. The van der Waals surface area contributed by atoms with Gasteiger partial charge in [-0.3, -0.25) is 4.79 Å². The summed E-state index contributed by atoms with van der Waals surface area (Å²) in [4.78, 5) is 12.8. The molecule has 0 bridgehead atoms.